The fraction of sp³-hybridized carbons (Fsp3) is 0.964. The van der Waals surface area contributed by atoms with Crippen LogP contribution in [0.1, 0.15) is 273 Å². The van der Waals surface area contributed by atoms with E-state index in [0.29, 0.717) is 17.9 Å². The molecule has 61 heavy (non-hydrogen) atoms. The molecule has 0 unspecified atom stereocenters. The summed E-state index contributed by atoms with van der Waals surface area (Å²) in [5, 5.41) is 0. The molecule has 368 valence electrons. The van der Waals surface area contributed by atoms with E-state index in [1.54, 1.807) is 14.2 Å². The highest BCUT2D eigenvalue weighted by Crippen LogP contribution is 2.21. The number of carbonyl (C=O) groups is 2. The van der Waals surface area contributed by atoms with Crippen LogP contribution < -0.4 is 0 Å². The lowest BCUT2D eigenvalue weighted by atomic mass is 9.93. The van der Waals surface area contributed by atoms with Crippen LogP contribution in [0.25, 0.3) is 0 Å². The summed E-state index contributed by atoms with van der Waals surface area (Å²) in [4.78, 5) is 23.5. The average molecular weight is 869 g/mol. The van der Waals surface area contributed by atoms with Crippen LogP contribution >= 0.6 is 0 Å². The molecule has 0 N–H and O–H groups in total. The number of ether oxygens (including phenoxy) is 3. The van der Waals surface area contributed by atoms with Gasteiger partial charge in [-0.2, -0.15) is 0 Å². The Labute approximate surface area is 384 Å². The van der Waals surface area contributed by atoms with E-state index in [1.165, 1.54) is 238 Å². The summed E-state index contributed by atoms with van der Waals surface area (Å²) in [5.41, 5.74) is 0. The fourth-order valence-corrected chi connectivity index (χ4v) is 8.31. The first-order chi connectivity index (χ1) is 30.0. The Kier molecular flexibility index (Phi) is 62.5. The largest absolute Gasteiger partial charge is 0.385 e. The minimum absolute atomic E-state index is 0.488. The fourth-order valence-electron chi connectivity index (χ4n) is 8.31. The van der Waals surface area contributed by atoms with E-state index >= 15 is 0 Å². The second-order valence-corrected chi connectivity index (χ2v) is 18.3. The lowest BCUT2D eigenvalue weighted by Gasteiger charge is -2.20. The number of nitrogens with zero attached hydrogens (tertiary/aromatic N) is 1. The summed E-state index contributed by atoms with van der Waals surface area (Å²) in [6, 6.07) is 0. The Balaban J connectivity index is -0.000000984. The van der Waals surface area contributed by atoms with Crippen LogP contribution in [-0.4, -0.2) is 77.3 Å². The predicted octanol–water partition coefficient (Wildman–Crippen LogP) is 16.7. The van der Waals surface area contributed by atoms with Gasteiger partial charge in [0.1, 0.15) is 12.6 Å². The summed E-state index contributed by atoms with van der Waals surface area (Å²) in [7, 11) is 3.60. The van der Waals surface area contributed by atoms with Gasteiger partial charge in [0.2, 0.25) is 0 Å². The zero-order chi connectivity index (χ0) is 45.5. The number of hydrogen-bond donors (Lipinski definition) is 0. The summed E-state index contributed by atoms with van der Waals surface area (Å²) >= 11 is 0. The van der Waals surface area contributed by atoms with Crippen LogP contribution in [0.15, 0.2) is 0 Å². The molecular weight excluding hydrogens is 755 g/mol. The lowest BCUT2D eigenvalue weighted by molar-refractivity contribution is -0.109. The van der Waals surface area contributed by atoms with Gasteiger partial charge in [-0.05, 0) is 70.0 Å². The van der Waals surface area contributed by atoms with Gasteiger partial charge in [0.15, 0.2) is 0 Å². The maximum absolute atomic E-state index is 10.5. The van der Waals surface area contributed by atoms with Gasteiger partial charge in [0.25, 0.3) is 0 Å². The number of methoxy groups -OCH3 is 2. The molecule has 0 rings (SSSR count). The van der Waals surface area contributed by atoms with Gasteiger partial charge in [0.05, 0.1) is 6.10 Å². The van der Waals surface area contributed by atoms with Crippen LogP contribution in [-0.2, 0) is 23.8 Å². The predicted molar refractivity (Wildman–Crippen MR) is 269 cm³/mol. The molecule has 0 aromatic heterocycles. The first kappa shape index (κ1) is 64.5. The molecule has 0 aromatic rings. The molecule has 0 atom stereocenters. The van der Waals surface area contributed by atoms with E-state index in [1.807, 2.05) is 0 Å². The van der Waals surface area contributed by atoms with Gasteiger partial charge in [-0.3, -0.25) is 0 Å². The van der Waals surface area contributed by atoms with Crippen molar-refractivity contribution in [2.75, 3.05) is 53.7 Å². The molecule has 0 aromatic carbocycles. The van der Waals surface area contributed by atoms with Crippen molar-refractivity contribution in [3.63, 3.8) is 0 Å². The second-order valence-electron chi connectivity index (χ2n) is 18.3. The monoisotopic (exact) mass is 868 g/mol. The molecule has 0 spiro atoms. The molecular formula is C55H113NO5. The SMILES string of the molecule is CCCCCC(CC=O)CCCCC.CCCCCC(CC=O)CCCCC.CCN(CC)CCCCOC(CCCCCCCCCOC)CCCCCCCCCOC. The zero-order valence-electron chi connectivity index (χ0n) is 43.1. The Morgan fingerprint density at radius 3 is 1.00 bits per heavy atom. The quantitative estimate of drug-likeness (QED) is 0.0448. The average Bonchev–Trinajstić information content (AvgIpc) is 3.27. The summed E-state index contributed by atoms with van der Waals surface area (Å²) < 4.78 is 16.7. The Morgan fingerprint density at radius 2 is 0.689 bits per heavy atom. The first-order valence-corrected chi connectivity index (χ1v) is 27.2. The molecule has 0 saturated heterocycles. The van der Waals surface area contributed by atoms with E-state index in [9.17, 15) is 9.59 Å². The van der Waals surface area contributed by atoms with E-state index in [0.717, 1.165) is 45.2 Å². The number of carbonyl (C=O) groups excluding carboxylic acids is 2. The van der Waals surface area contributed by atoms with Crippen LogP contribution in [0.3, 0.4) is 0 Å². The molecule has 0 radical (unpaired) electrons. The standard InChI is InChI=1S/C29H61NO3.2C13H26O/c1-5-30(6-2)25-19-22-28-33-29(23-17-13-9-7-11-15-20-26-31-3)24-18-14-10-8-12-16-21-27-32-4;2*1-3-5-7-9-13(11-12-14)10-8-6-4-2/h29H,5-28H2,1-4H3;2*12-13H,3-11H2,1-2H3. The van der Waals surface area contributed by atoms with E-state index in [2.05, 4.69) is 46.4 Å². The van der Waals surface area contributed by atoms with Crippen LogP contribution in [0.5, 0.6) is 0 Å². The van der Waals surface area contributed by atoms with Crippen LogP contribution in [0, 0.1) is 11.8 Å². The highest BCUT2D eigenvalue weighted by Gasteiger charge is 2.11. The number of aldehydes is 2. The normalized spacial score (nSPS) is 11.3. The van der Waals surface area contributed by atoms with Crippen molar-refractivity contribution in [2.45, 2.75) is 279 Å². The first-order valence-electron chi connectivity index (χ1n) is 27.2. The minimum Gasteiger partial charge on any atom is -0.385 e. The van der Waals surface area contributed by atoms with Crippen molar-refractivity contribution < 1.29 is 23.8 Å². The molecule has 0 fully saturated rings. The third-order valence-corrected chi connectivity index (χ3v) is 12.6. The molecule has 0 aliphatic carbocycles. The highest BCUT2D eigenvalue weighted by atomic mass is 16.5. The van der Waals surface area contributed by atoms with Crippen molar-refractivity contribution >= 4 is 12.6 Å². The molecule has 0 aliphatic heterocycles. The third-order valence-electron chi connectivity index (χ3n) is 12.6. The summed E-state index contributed by atoms with van der Waals surface area (Å²) in [5.74, 6) is 1.34. The van der Waals surface area contributed by atoms with Gasteiger partial charge in [-0.1, -0.05) is 221 Å². The van der Waals surface area contributed by atoms with E-state index in [4.69, 9.17) is 14.2 Å². The molecule has 0 saturated carbocycles. The van der Waals surface area contributed by atoms with Crippen molar-refractivity contribution in [1.82, 2.24) is 4.90 Å². The van der Waals surface area contributed by atoms with Crippen molar-refractivity contribution in [2.24, 2.45) is 11.8 Å². The second kappa shape index (κ2) is 59.2. The molecule has 0 amide bonds. The van der Waals surface area contributed by atoms with Gasteiger partial charge in [-0.25, -0.2) is 0 Å². The van der Waals surface area contributed by atoms with Gasteiger partial charge < -0.3 is 28.7 Å². The molecule has 6 heteroatoms. The molecule has 0 aliphatic rings. The number of unbranched alkanes of at least 4 members (excludes halogenated alkanes) is 21. The minimum atomic E-state index is 0.488. The van der Waals surface area contributed by atoms with E-state index in [-0.39, 0.29) is 0 Å². The van der Waals surface area contributed by atoms with Crippen molar-refractivity contribution in [1.29, 1.82) is 0 Å². The highest BCUT2D eigenvalue weighted by molar-refractivity contribution is 5.49. The maximum Gasteiger partial charge on any atom is 0.120 e. The van der Waals surface area contributed by atoms with Crippen molar-refractivity contribution in [3.05, 3.63) is 0 Å². The maximum atomic E-state index is 10.5. The molecule has 0 bridgehead atoms. The summed E-state index contributed by atoms with van der Waals surface area (Å²) in [6.45, 7) is 19.8. The van der Waals surface area contributed by atoms with Crippen molar-refractivity contribution in [3.8, 4) is 0 Å². The topological polar surface area (TPSA) is 65.1 Å². The van der Waals surface area contributed by atoms with Gasteiger partial charge >= 0.3 is 0 Å². The molecule has 0 heterocycles. The van der Waals surface area contributed by atoms with Gasteiger partial charge in [0, 0.05) is 46.9 Å². The Hall–Kier alpha value is -0.820. The lowest BCUT2D eigenvalue weighted by Crippen LogP contribution is -2.24. The number of rotatable bonds is 48. The van der Waals surface area contributed by atoms with Crippen LogP contribution in [0.4, 0.5) is 0 Å². The van der Waals surface area contributed by atoms with Gasteiger partial charge in [-0.15, -0.1) is 0 Å². The Bertz CT molecular complexity index is 705. The number of hydrogen-bond acceptors (Lipinski definition) is 6. The Morgan fingerprint density at radius 1 is 0.377 bits per heavy atom. The van der Waals surface area contributed by atoms with Crippen LogP contribution in [0.2, 0.25) is 0 Å². The zero-order valence-corrected chi connectivity index (χ0v) is 43.1. The smallest absolute Gasteiger partial charge is 0.120 e. The van der Waals surface area contributed by atoms with E-state index < -0.39 is 0 Å². The third kappa shape index (κ3) is 55.2. The molecule has 6 nitrogen and oxygen atoms in total. The summed E-state index contributed by atoms with van der Waals surface area (Å²) in [6.07, 6.45) is 48.7.